The molecule has 0 bridgehead atoms. The van der Waals surface area contributed by atoms with Gasteiger partial charge < -0.3 is 5.11 Å². The molecule has 0 spiro atoms. The Labute approximate surface area is 98.3 Å². The van der Waals surface area contributed by atoms with Crippen LogP contribution in [0.3, 0.4) is 0 Å². The number of halogens is 2. The van der Waals surface area contributed by atoms with Gasteiger partial charge in [0, 0.05) is 5.56 Å². The van der Waals surface area contributed by atoms with E-state index < -0.39 is 17.8 Å². The van der Waals surface area contributed by atoms with E-state index in [0.29, 0.717) is 18.4 Å². The summed E-state index contributed by atoms with van der Waals surface area (Å²) in [7, 11) is 0. The van der Waals surface area contributed by atoms with E-state index in [-0.39, 0.29) is 5.56 Å². The zero-order chi connectivity index (χ0) is 12.6. The van der Waals surface area contributed by atoms with Gasteiger partial charge in [0.1, 0.15) is 0 Å². The van der Waals surface area contributed by atoms with E-state index in [2.05, 4.69) is 0 Å². The van der Waals surface area contributed by atoms with Crippen molar-refractivity contribution in [2.45, 2.75) is 38.0 Å². The number of alkyl halides is 2. The van der Waals surface area contributed by atoms with Crippen molar-refractivity contribution < 1.29 is 18.7 Å². The van der Waals surface area contributed by atoms with Crippen molar-refractivity contribution >= 4 is 5.97 Å². The molecule has 1 N–H and O–H groups in total. The van der Waals surface area contributed by atoms with E-state index in [1.165, 1.54) is 12.1 Å². The van der Waals surface area contributed by atoms with Crippen molar-refractivity contribution in [1.29, 1.82) is 0 Å². The molecule has 0 heterocycles. The number of hydrogen-bond donors (Lipinski definition) is 1. The zero-order valence-corrected chi connectivity index (χ0v) is 9.54. The predicted molar refractivity (Wildman–Crippen MR) is 59.3 cm³/mol. The van der Waals surface area contributed by atoms with Crippen LogP contribution in [0.1, 0.15) is 42.4 Å². The maximum Gasteiger partial charge on any atom is 0.314 e. The van der Waals surface area contributed by atoms with Gasteiger partial charge in [-0.25, -0.2) is 8.78 Å². The summed E-state index contributed by atoms with van der Waals surface area (Å²) < 4.78 is 25.3. The molecule has 1 aliphatic rings. The molecule has 92 valence electrons. The molecule has 0 radical (unpaired) electrons. The Balaban J connectivity index is 2.50. The molecule has 0 aliphatic heterocycles. The molecule has 1 aliphatic carbocycles. The lowest BCUT2D eigenvalue weighted by atomic mass is 9.63. The summed E-state index contributed by atoms with van der Waals surface area (Å²) in [4.78, 5) is 11.3. The van der Waals surface area contributed by atoms with Crippen LogP contribution in [0.15, 0.2) is 18.2 Å². The highest BCUT2D eigenvalue weighted by Crippen LogP contribution is 2.45. The molecule has 0 amide bonds. The highest BCUT2D eigenvalue weighted by molar-refractivity contribution is 5.83. The lowest BCUT2D eigenvalue weighted by Crippen LogP contribution is -2.42. The summed E-state index contributed by atoms with van der Waals surface area (Å²) in [5, 5.41) is 9.30. The number of carboxylic acids is 1. The molecule has 1 saturated carbocycles. The van der Waals surface area contributed by atoms with Crippen molar-refractivity contribution in [2.24, 2.45) is 0 Å². The largest absolute Gasteiger partial charge is 0.481 e. The number of aliphatic carboxylic acids is 1. The Bertz CT molecular complexity index is 451. The first-order valence-corrected chi connectivity index (χ1v) is 5.60. The Kier molecular flexibility index (Phi) is 2.89. The average Bonchev–Trinajstić information content (AvgIpc) is 2.18. The van der Waals surface area contributed by atoms with Crippen LogP contribution in [0, 0.1) is 6.92 Å². The quantitative estimate of drug-likeness (QED) is 0.878. The monoisotopic (exact) mass is 240 g/mol. The molecule has 0 saturated heterocycles. The van der Waals surface area contributed by atoms with Gasteiger partial charge in [-0.3, -0.25) is 4.79 Å². The van der Waals surface area contributed by atoms with Gasteiger partial charge in [0.25, 0.3) is 6.43 Å². The van der Waals surface area contributed by atoms with Gasteiger partial charge in [-0.05, 0) is 37.0 Å². The minimum Gasteiger partial charge on any atom is -0.481 e. The minimum absolute atomic E-state index is 0.0990. The topological polar surface area (TPSA) is 37.3 Å². The zero-order valence-electron chi connectivity index (χ0n) is 9.54. The van der Waals surface area contributed by atoms with Gasteiger partial charge in [-0.2, -0.15) is 0 Å². The standard InChI is InChI=1S/C13H14F2O2/c1-8-3-4-9(11(14)15)7-10(8)13(12(16)17)5-2-6-13/h3-4,7,11H,2,5-6H2,1H3,(H,16,17). The van der Waals surface area contributed by atoms with Gasteiger partial charge in [-0.15, -0.1) is 0 Å². The van der Waals surface area contributed by atoms with Gasteiger partial charge in [-0.1, -0.05) is 18.6 Å². The van der Waals surface area contributed by atoms with Gasteiger partial charge >= 0.3 is 5.97 Å². The van der Waals surface area contributed by atoms with Crippen molar-refractivity contribution in [2.75, 3.05) is 0 Å². The molecule has 2 nitrogen and oxygen atoms in total. The van der Waals surface area contributed by atoms with Crippen LogP contribution in [0.2, 0.25) is 0 Å². The number of hydrogen-bond acceptors (Lipinski definition) is 1. The first-order chi connectivity index (χ1) is 7.97. The van der Waals surface area contributed by atoms with E-state index in [9.17, 15) is 18.7 Å². The summed E-state index contributed by atoms with van der Waals surface area (Å²) >= 11 is 0. The van der Waals surface area contributed by atoms with Gasteiger partial charge in [0.05, 0.1) is 5.41 Å². The maximum atomic E-state index is 12.6. The van der Waals surface area contributed by atoms with Crippen LogP contribution >= 0.6 is 0 Å². The van der Waals surface area contributed by atoms with E-state index in [0.717, 1.165) is 12.0 Å². The summed E-state index contributed by atoms with van der Waals surface area (Å²) in [5.41, 5.74) is 0.290. The molecule has 0 atom stereocenters. The second kappa shape index (κ2) is 4.09. The highest BCUT2D eigenvalue weighted by Gasteiger charge is 2.46. The van der Waals surface area contributed by atoms with Crippen LogP contribution in [0.5, 0.6) is 0 Å². The Hall–Kier alpha value is -1.45. The molecular formula is C13H14F2O2. The molecule has 1 fully saturated rings. The Morgan fingerprint density at radius 2 is 2.06 bits per heavy atom. The first-order valence-electron chi connectivity index (χ1n) is 5.60. The summed E-state index contributed by atoms with van der Waals surface area (Å²) in [6.45, 7) is 1.77. The van der Waals surface area contributed by atoms with Crippen molar-refractivity contribution in [3.05, 3.63) is 34.9 Å². The van der Waals surface area contributed by atoms with Crippen molar-refractivity contribution in [3.63, 3.8) is 0 Å². The lowest BCUT2D eigenvalue weighted by molar-refractivity contribution is -0.147. The molecule has 1 aromatic carbocycles. The molecule has 2 rings (SSSR count). The predicted octanol–water partition coefficient (Wildman–Crippen LogP) is 3.44. The fourth-order valence-electron chi connectivity index (χ4n) is 2.42. The van der Waals surface area contributed by atoms with Crippen LogP contribution < -0.4 is 0 Å². The van der Waals surface area contributed by atoms with Gasteiger partial charge in [0.15, 0.2) is 0 Å². The molecule has 0 unspecified atom stereocenters. The average molecular weight is 240 g/mol. The molecule has 17 heavy (non-hydrogen) atoms. The highest BCUT2D eigenvalue weighted by atomic mass is 19.3. The molecule has 0 aromatic heterocycles. The SMILES string of the molecule is Cc1ccc(C(F)F)cc1C1(C(=O)O)CCC1. The van der Waals surface area contributed by atoms with E-state index >= 15 is 0 Å². The van der Waals surface area contributed by atoms with Crippen molar-refractivity contribution in [1.82, 2.24) is 0 Å². The fourth-order valence-corrected chi connectivity index (χ4v) is 2.42. The first kappa shape index (κ1) is 12.0. The summed E-state index contributed by atoms with van der Waals surface area (Å²) in [6, 6.07) is 4.30. The third-order valence-electron chi connectivity index (χ3n) is 3.65. The number of carbonyl (C=O) groups is 1. The Morgan fingerprint density at radius 1 is 1.41 bits per heavy atom. The van der Waals surface area contributed by atoms with Crippen molar-refractivity contribution in [3.8, 4) is 0 Å². The normalized spacial score (nSPS) is 17.9. The minimum atomic E-state index is -2.56. The molecule has 1 aromatic rings. The maximum absolute atomic E-state index is 12.6. The number of carboxylic acid groups (broad SMARTS) is 1. The smallest absolute Gasteiger partial charge is 0.314 e. The second-order valence-electron chi connectivity index (χ2n) is 4.62. The Morgan fingerprint density at radius 3 is 2.47 bits per heavy atom. The second-order valence-corrected chi connectivity index (χ2v) is 4.62. The number of rotatable bonds is 3. The number of benzene rings is 1. The van der Waals surface area contributed by atoms with Crippen LogP contribution in [-0.4, -0.2) is 11.1 Å². The third-order valence-corrected chi connectivity index (χ3v) is 3.65. The van der Waals surface area contributed by atoms with Crippen LogP contribution in [0.4, 0.5) is 8.78 Å². The molecule has 4 heteroatoms. The molecular weight excluding hydrogens is 226 g/mol. The van der Waals surface area contributed by atoms with E-state index in [1.807, 2.05) is 0 Å². The third kappa shape index (κ3) is 1.81. The number of aryl methyl sites for hydroxylation is 1. The van der Waals surface area contributed by atoms with Crippen LogP contribution in [0.25, 0.3) is 0 Å². The van der Waals surface area contributed by atoms with Gasteiger partial charge in [0.2, 0.25) is 0 Å². The fraction of sp³-hybridized carbons (Fsp3) is 0.462. The summed E-state index contributed by atoms with van der Waals surface area (Å²) in [5.74, 6) is -0.904. The van der Waals surface area contributed by atoms with Crippen LogP contribution in [-0.2, 0) is 10.2 Å². The summed E-state index contributed by atoms with van der Waals surface area (Å²) in [6.07, 6.45) is -0.642. The van der Waals surface area contributed by atoms with E-state index in [4.69, 9.17) is 0 Å². The van der Waals surface area contributed by atoms with E-state index in [1.54, 1.807) is 13.0 Å². The lowest BCUT2D eigenvalue weighted by Gasteiger charge is -2.39.